The van der Waals surface area contributed by atoms with Gasteiger partial charge >= 0.3 is 0 Å². The molecular weight excluding hydrogens is 479 g/mol. The highest BCUT2D eigenvalue weighted by atomic mass is 19.1. The Labute approximate surface area is 224 Å². The number of ether oxygens (including phenoxy) is 2. The molecule has 0 unspecified atom stereocenters. The Kier molecular flexibility index (Phi) is 7.55. The van der Waals surface area contributed by atoms with Crippen molar-refractivity contribution in [2.24, 2.45) is 0 Å². The third kappa shape index (κ3) is 5.47. The molecule has 38 heavy (non-hydrogen) atoms. The summed E-state index contributed by atoms with van der Waals surface area (Å²) < 4.78 is 26.1. The van der Waals surface area contributed by atoms with Crippen LogP contribution in [0.2, 0.25) is 0 Å². The van der Waals surface area contributed by atoms with Gasteiger partial charge in [0, 0.05) is 36.4 Å². The smallest absolute Gasteiger partial charge is 0.163 e. The molecule has 1 saturated heterocycles. The third-order valence-corrected chi connectivity index (χ3v) is 7.30. The van der Waals surface area contributed by atoms with Gasteiger partial charge in [-0.25, -0.2) is 4.39 Å². The van der Waals surface area contributed by atoms with Gasteiger partial charge in [-0.05, 0) is 79.5 Å². The SMILES string of the molecule is CC(C)c1nc2c(c(-c3ccc(F)cc3)c1/C=C/[C@@H]1C[C@H](CC=O)OC(C)(C)O1)CCCc1ccncc1-2. The first-order valence-electron chi connectivity index (χ1n) is 13.5. The van der Waals surface area contributed by atoms with Crippen molar-refractivity contribution < 1.29 is 18.7 Å². The molecule has 0 bridgehead atoms. The average Bonchev–Trinajstić information content (AvgIpc) is 3.06. The zero-order valence-corrected chi connectivity index (χ0v) is 22.5. The number of carbonyl (C=O) groups is 1. The first-order valence-corrected chi connectivity index (χ1v) is 13.5. The molecule has 1 aliphatic carbocycles. The van der Waals surface area contributed by atoms with Gasteiger partial charge in [-0.1, -0.05) is 38.1 Å². The summed E-state index contributed by atoms with van der Waals surface area (Å²) in [4.78, 5) is 20.9. The largest absolute Gasteiger partial charge is 0.347 e. The van der Waals surface area contributed by atoms with Crippen LogP contribution in [0.5, 0.6) is 0 Å². The van der Waals surface area contributed by atoms with Crippen molar-refractivity contribution >= 4 is 12.4 Å². The molecular formula is C32H35FN2O3. The third-order valence-electron chi connectivity index (χ3n) is 7.30. The number of aldehydes is 1. The van der Waals surface area contributed by atoms with Crippen LogP contribution in [0.3, 0.4) is 0 Å². The monoisotopic (exact) mass is 514 g/mol. The number of pyridine rings is 2. The highest BCUT2D eigenvalue weighted by Gasteiger charge is 2.34. The molecule has 2 aromatic heterocycles. The predicted octanol–water partition coefficient (Wildman–Crippen LogP) is 7.07. The zero-order valence-electron chi connectivity index (χ0n) is 22.5. The lowest BCUT2D eigenvalue weighted by atomic mass is 9.86. The van der Waals surface area contributed by atoms with Crippen molar-refractivity contribution in [1.29, 1.82) is 0 Å². The summed E-state index contributed by atoms with van der Waals surface area (Å²) in [7, 11) is 0. The second-order valence-corrected chi connectivity index (χ2v) is 11.0. The van der Waals surface area contributed by atoms with Gasteiger partial charge < -0.3 is 14.3 Å². The molecule has 0 spiro atoms. The maximum absolute atomic E-state index is 14.0. The van der Waals surface area contributed by atoms with E-state index in [1.165, 1.54) is 23.3 Å². The normalized spacial score (nSPS) is 20.7. The molecule has 0 amide bonds. The maximum Gasteiger partial charge on any atom is 0.163 e. The van der Waals surface area contributed by atoms with Gasteiger partial charge in [-0.15, -0.1) is 0 Å². The fraction of sp³-hybridized carbons (Fsp3) is 0.406. The Morgan fingerprint density at radius 2 is 1.92 bits per heavy atom. The number of hydrogen-bond donors (Lipinski definition) is 0. The van der Waals surface area contributed by atoms with Crippen molar-refractivity contribution in [3.05, 3.63) is 77.0 Å². The van der Waals surface area contributed by atoms with Crippen LogP contribution < -0.4 is 0 Å². The summed E-state index contributed by atoms with van der Waals surface area (Å²) in [6.07, 6.45) is 12.2. The van der Waals surface area contributed by atoms with Gasteiger partial charge in [0.05, 0.1) is 23.6 Å². The van der Waals surface area contributed by atoms with Gasteiger partial charge in [0.25, 0.3) is 0 Å². The summed E-state index contributed by atoms with van der Waals surface area (Å²) >= 11 is 0. The van der Waals surface area contributed by atoms with Crippen LogP contribution in [0.15, 0.2) is 48.8 Å². The van der Waals surface area contributed by atoms with Crippen LogP contribution in [-0.4, -0.2) is 34.2 Å². The van der Waals surface area contributed by atoms with E-state index in [0.29, 0.717) is 12.8 Å². The van der Waals surface area contributed by atoms with Crippen LogP contribution in [0.25, 0.3) is 28.5 Å². The molecule has 2 aliphatic rings. The molecule has 1 fully saturated rings. The van der Waals surface area contributed by atoms with Crippen molar-refractivity contribution in [2.75, 3.05) is 0 Å². The molecule has 1 aromatic carbocycles. The van der Waals surface area contributed by atoms with Gasteiger partial charge in [0.15, 0.2) is 5.79 Å². The second kappa shape index (κ2) is 10.9. The van der Waals surface area contributed by atoms with E-state index in [4.69, 9.17) is 14.5 Å². The molecule has 0 radical (unpaired) electrons. The number of aryl methyl sites for hydroxylation is 1. The lowest BCUT2D eigenvalue weighted by Gasteiger charge is -2.39. The lowest BCUT2D eigenvalue weighted by Crippen LogP contribution is -2.44. The fourth-order valence-corrected chi connectivity index (χ4v) is 5.71. The summed E-state index contributed by atoms with van der Waals surface area (Å²) in [5.41, 5.74) is 8.53. The van der Waals surface area contributed by atoms with Crippen LogP contribution in [0, 0.1) is 5.82 Å². The number of aromatic nitrogens is 2. The zero-order chi connectivity index (χ0) is 26.9. The number of halogens is 1. The molecule has 6 heteroatoms. The highest BCUT2D eigenvalue weighted by Crippen LogP contribution is 2.42. The average molecular weight is 515 g/mol. The molecule has 3 heterocycles. The van der Waals surface area contributed by atoms with Crippen LogP contribution in [0.4, 0.5) is 4.39 Å². The van der Waals surface area contributed by atoms with E-state index in [2.05, 4.69) is 37.0 Å². The minimum atomic E-state index is -0.787. The lowest BCUT2D eigenvalue weighted by molar-refractivity contribution is -0.289. The summed E-state index contributed by atoms with van der Waals surface area (Å²) in [6.45, 7) is 8.05. The van der Waals surface area contributed by atoms with Crippen LogP contribution in [0.1, 0.15) is 75.3 Å². The van der Waals surface area contributed by atoms with E-state index in [1.807, 2.05) is 38.4 Å². The Bertz CT molecular complexity index is 1350. The van der Waals surface area contributed by atoms with Gasteiger partial charge in [-0.2, -0.15) is 0 Å². The standard InChI is InChI=1S/C32H35FN2O3/c1-20(2)30-27(13-12-24-18-25(15-17-36)38-32(3,4)37-24)29(22-8-10-23(33)11-9-22)26-7-5-6-21-14-16-34-19-28(21)31(26)35-30/h8-14,16-17,19-20,24-25H,5-7,15,18H2,1-4H3/b13-12+/t24-,25+/m1/s1. The molecule has 198 valence electrons. The van der Waals surface area contributed by atoms with E-state index in [1.54, 1.807) is 0 Å². The number of nitrogens with zero attached hydrogens (tertiary/aromatic N) is 2. The Balaban J connectivity index is 1.69. The van der Waals surface area contributed by atoms with Crippen molar-refractivity contribution in [2.45, 2.75) is 83.7 Å². The van der Waals surface area contributed by atoms with E-state index in [9.17, 15) is 9.18 Å². The number of carbonyl (C=O) groups excluding carboxylic acids is 1. The first kappa shape index (κ1) is 26.4. The van der Waals surface area contributed by atoms with E-state index in [-0.39, 0.29) is 23.9 Å². The minimum absolute atomic E-state index is 0.150. The topological polar surface area (TPSA) is 61.3 Å². The minimum Gasteiger partial charge on any atom is -0.347 e. The van der Waals surface area contributed by atoms with Crippen LogP contribution in [-0.2, 0) is 27.1 Å². The van der Waals surface area contributed by atoms with E-state index >= 15 is 0 Å². The van der Waals surface area contributed by atoms with Crippen molar-refractivity contribution in [3.63, 3.8) is 0 Å². The summed E-state index contributed by atoms with van der Waals surface area (Å²) in [5, 5.41) is 0. The van der Waals surface area contributed by atoms with E-state index in [0.717, 1.165) is 59.2 Å². The molecule has 0 N–H and O–H groups in total. The number of fused-ring (bicyclic) bond motifs is 3. The molecule has 5 nitrogen and oxygen atoms in total. The van der Waals surface area contributed by atoms with E-state index < -0.39 is 5.79 Å². The van der Waals surface area contributed by atoms with Crippen molar-refractivity contribution in [1.82, 2.24) is 9.97 Å². The van der Waals surface area contributed by atoms with Crippen molar-refractivity contribution in [3.8, 4) is 22.4 Å². The number of benzene rings is 1. The molecule has 5 rings (SSSR count). The molecule has 2 atom stereocenters. The van der Waals surface area contributed by atoms with Gasteiger partial charge in [0.2, 0.25) is 0 Å². The Morgan fingerprint density at radius 3 is 2.66 bits per heavy atom. The fourth-order valence-electron chi connectivity index (χ4n) is 5.71. The summed E-state index contributed by atoms with van der Waals surface area (Å²) in [5.74, 6) is -0.898. The Hall–Kier alpha value is -3.22. The second-order valence-electron chi connectivity index (χ2n) is 11.0. The van der Waals surface area contributed by atoms with Gasteiger partial charge in [0.1, 0.15) is 12.1 Å². The summed E-state index contributed by atoms with van der Waals surface area (Å²) in [6, 6.07) is 8.84. The first-order chi connectivity index (χ1) is 18.3. The quantitative estimate of drug-likeness (QED) is 0.329. The maximum atomic E-state index is 14.0. The van der Waals surface area contributed by atoms with Gasteiger partial charge in [-0.3, -0.25) is 9.97 Å². The molecule has 1 aliphatic heterocycles. The molecule has 0 saturated carbocycles. The number of rotatable bonds is 6. The van der Waals surface area contributed by atoms with Crippen LogP contribution >= 0.6 is 0 Å². The Morgan fingerprint density at radius 1 is 1.13 bits per heavy atom. The highest BCUT2D eigenvalue weighted by molar-refractivity contribution is 5.85. The predicted molar refractivity (Wildman–Crippen MR) is 147 cm³/mol. The number of hydrogen-bond acceptors (Lipinski definition) is 5. The molecule has 3 aromatic rings.